The molecule has 0 radical (unpaired) electrons. The quantitative estimate of drug-likeness (QED) is 0.816. The van der Waals surface area contributed by atoms with Gasteiger partial charge in [-0.1, -0.05) is 6.07 Å². The third kappa shape index (κ3) is 3.24. The first-order valence-electron chi connectivity index (χ1n) is 6.24. The van der Waals surface area contributed by atoms with E-state index in [1.54, 1.807) is 13.8 Å². The molecule has 112 valence electrons. The van der Waals surface area contributed by atoms with Crippen molar-refractivity contribution in [2.75, 3.05) is 6.61 Å². The topological polar surface area (TPSA) is 44.1 Å². The smallest absolute Gasteiger partial charge is 0.416 e. The molecule has 0 aliphatic rings. The summed E-state index contributed by atoms with van der Waals surface area (Å²) in [5.74, 6) is -0.605. The number of benzene rings is 1. The lowest BCUT2D eigenvalue weighted by molar-refractivity contribution is -0.137. The predicted octanol–water partition coefficient (Wildman–Crippen LogP) is 3.38. The maximum absolute atomic E-state index is 12.7. The molecule has 2 aromatic rings. The first kappa shape index (κ1) is 15.1. The second-order valence-electron chi connectivity index (χ2n) is 4.35. The van der Waals surface area contributed by atoms with Crippen molar-refractivity contribution in [3.05, 3.63) is 47.3 Å². The lowest BCUT2D eigenvalue weighted by Gasteiger charge is -2.09. The highest BCUT2D eigenvalue weighted by molar-refractivity contribution is 5.87. The van der Waals surface area contributed by atoms with Gasteiger partial charge in [-0.05, 0) is 38.1 Å². The first-order chi connectivity index (χ1) is 9.82. The van der Waals surface area contributed by atoms with Gasteiger partial charge >= 0.3 is 12.1 Å². The van der Waals surface area contributed by atoms with Crippen molar-refractivity contribution in [1.82, 2.24) is 9.78 Å². The van der Waals surface area contributed by atoms with Crippen molar-refractivity contribution < 1.29 is 22.7 Å². The van der Waals surface area contributed by atoms with E-state index < -0.39 is 17.7 Å². The highest BCUT2D eigenvalue weighted by Gasteiger charge is 2.30. The van der Waals surface area contributed by atoms with E-state index in [0.717, 1.165) is 12.1 Å². The molecule has 0 spiro atoms. The Morgan fingerprint density at radius 2 is 2.05 bits per heavy atom. The molecular formula is C14H13F3N2O2. The summed E-state index contributed by atoms with van der Waals surface area (Å²) in [7, 11) is 0. The van der Waals surface area contributed by atoms with Gasteiger partial charge in [0.1, 0.15) is 0 Å². The summed E-state index contributed by atoms with van der Waals surface area (Å²) in [4.78, 5) is 11.6. The summed E-state index contributed by atoms with van der Waals surface area (Å²) in [6, 6.07) is 6.22. The minimum Gasteiger partial charge on any atom is -0.461 e. The Hall–Kier alpha value is -2.31. The third-order valence-electron chi connectivity index (χ3n) is 2.79. The van der Waals surface area contributed by atoms with Crippen LogP contribution >= 0.6 is 0 Å². The van der Waals surface area contributed by atoms with Gasteiger partial charge in [0.05, 0.1) is 17.9 Å². The molecule has 0 N–H and O–H groups in total. The van der Waals surface area contributed by atoms with Crippen LogP contribution in [0.15, 0.2) is 30.3 Å². The van der Waals surface area contributed by atoms with Crippen LogP contribution in [0, 0.1) is 6.92 Å². The van der Waals surface area contributed by atoms with Gasteiger partial charge in [0.2, 0.25) is 0 Å². The molecule has 2 rings (SSSR count). The Kier molecular flexibility index (Phi) is 4.02. The van der Waals surface area contributed by atoms with Gasteiger partial charge in [0.15, 0.2) is 5.69 Å². The number of alkyl halides is 3. The fourth-order valence-corrected chi connectivity index (χ4v) is 1.85. The second kappa shape index (κ2) is 5.59. The number of esters is 1. The van der Waals surface area contributed by atoms with Crippen molar-refractivity contribution in [3.63, 3.8) is 0 Å². The standard InChI is InChI=1S/C14H13F3N2O2/c1-3-21-13(20)12-7-9(2)19(18-12)11-6-4-5-10(8-11)14(15,16)17/h4-8H,3H2,1-2H3. The largest absolute Gasteiger partial charge is 0.461 e. The minimum atomic E-state index is -4.43. The van der Waals surface area contributed by atoms with Crippen LogP contribution in [0.25, 0.3) is 5.69 Å². The van der Waals surface area contributed by atoms with Gasteiger partial charge in [-0.25, -0.2) is 9.48 Å². The number of carbonyl (C=O) groups excluding carboxylic acids is 1. The second-order valence-corrected chi connectivity index (χ2v) is 4.35. The maximum Gasteiger partial charge on any atom is 0.416 e. The molecule has 7 heteroatoms. The number of aryl methyl sites for hydroxylation is 1. The number of hydrogen-bond acceptors (Lipinski definition) is 3. The molecule has 0 aliphatic heterocycles. The van der Waals surface area contributed by atoms with Crippen molar-refractivity contribution in [2.45, 2.75) is 20.0 Å². The molecule has 0 atom stereocenters. The van der Waals surface area contributed by atoms with E-state index >= 15 is 0 Å². The monoisotopic (exact) mass is 298 g/mol. The molecule has 0 fully saturated rings. The number of aromatic nitrogens is 2. The summed E-state index contributed by atoms with van der Waals surface area (Å²) < 4.78 is 44.2. The molecule has 1 aromatic heterocycles. The maximum atomic E-state index is 12.7. The molecular weight excluding hydrogens is 285 g/mol. The number of halogens is 3. The number of rotatable bonds is 3. The third-order valence-corrected chi connectivity index (χ3v) is 2.79. The fourth-order valence-electron chi connectivity index (χ4n) is 1.85. The predicted molar refractivity (Wildman–Crippen MR) is 69.3 cm³/mol. The van der Waals surface area contributed by atoms with Gasteiger partial charge in [-0.15, -0.1) is 0 Å². The van der Waals surface area contributed by atoms with Crippen LogP contribution in [0.1, 0.15) is 28.7 Å². The van der Waals surface area contributed by atoms with Crippen molar-refractivity contribution in [2.24, 2.45) is 0 Å². The Bertz CT molecular complexity index is 662. The SMILES string of the molecule is CCOC(=O)c1cc(C)n(-c2cccc(C(F)(F)F)c2)n1. The summed E-state index contributed by atoms with van der Waals surface area (Å²) in [5.41, 5.74) is 0.0644. The van der Waals surface area contributed by atoms with E-state index in [-0.39, 0.29) is 18.0 Å². The highest BCUT2D eigenvalue weighted by atomic mass is 19.4. The first-order valence-corrected chi connectivity index (χ1v) is 6.24. The van der Waals surface area contributed by atoms with E-state index in [9.17, 15) is 18.0 Å². The fraction of sp³-hybridized carbons (Fsp3) is 0.286. The number of ether oxygens (including phenoxy) is 1. The number of hydrogen-bond donors (Lipinski definition) is 0. The highest BCUT2D eigenvalue weighted by Crippen LogP contribution is 2.30. The summed E-state index contributed by atoms with van der Waals surface area (Å²) >= 11 is 0. The van der Waals surface area contributed by atoms with E-state index in [2.05, 4.69) is 5.10 Å². The summed E-state index contributed by atoms with van der Waals surface area (Å²) in [6.45, 7) is 3.51. The van der Waals surface area contributed by atoms with E-state index in [4.69, 9.17) is 4.74 Å². The summed E-state index contributed by atoms with van der Waals surface area (Å²) in [5, 5.41) is 4.00. The molecule has 0 bridgehead atoms. The average molecular weight is 298 g/mol. The van der Waals surface area contributed by atoms with Crippen LogP contribution < -0.4 is 0 Å². The molecule has 0 aliphatic carbocycles. The Morgan fingerprint density at radius 3 is 2.67 bits per heavy atom. The average Bonchev–Trinajstić information content (AvgIpc) is 2.80. The van der Waals surface area contributed by atoms with Gasteiger partial charge in [-0.3, -0.25) is 0 Å². The van der Waals surface area contributed by atoms with E-state index in [1.807, 2.05) is 0 Å². The van der Waals surface area contributed by atoms with Gasteiger partial charge < -0.3 is 4.74 Å². The van der Waals surface area contributed by atoms with E-state index in [0.29, 0.717) is 5.69 Å². The lowest BCUT2D eigenvalue weighted by atomic mass is 10.2. The van der Waals surface area contributed by atoms with Gasteiger partial charge in [-0.2, -0.15) is 18.3 Å². The van der Waals surface area contributed by atoms with Crippen molar-refractivity contribution >= 4 is 5.97 Å². The van der Waals surface area contributed by atoms with Gasteiger partial charge in [0, 0.05) is 5.69 Å². The molecule has 0 saturated heterocycles. The minimum absolute atomic E-state index is 0.0618. The van der Waals surface area contributed by atoms with Crippen molar-refractivity contribution in [1.29, 1.82) is 0 Å². The normalized spacial score (nSPS) is 11.5. The van der Waals surface area contributed by atoms with Crippen LogP contribution in [0.3, 0.4) is 0 Å². The van der Waals surface area contributed by atoms with Crippen LogP contribution in [-0.2, 0) is 10.9 Å². The van der Waals surface area contributed by atoms with Crippen LogP contribution in [-0.4, -0.2) is 22.4 Å². The molecule has 1 heterocycles. The van der Waals surface area contributed by atoms with E-state index in [1.165, 1.54) is 22.9 Å². The Balaban J connectivity index is 2.41. The Labute approximate surface area is 119 Å². The molecule has 0 unspecified atom stereocenters. The van der Waals surface area contributed by atoms with Crippen molar-refractivity contribution in [3.8, 4) is 5.69 Å². The molecule has 0 amide bonds. The van der Waals surface area contributed by atoms with Crippen LogP contribution in [0.2, 0.25) is 0 Å². The zero-order valence-electron chi connectivity index (χ0n) is 11.4. The molecule has 0 saturated carbocycles. The number of carbonyl (C=O) groups is 1. The molecule has 4 nitrogen and oxygen atoms in total. The zero-order valence-corrected chi connectivity index (χ0v) is 11.4. The zero-order chi connectivity index (χ0) is 15.6. The summed E-state index contributed by atoms with van der Waals surface area (Å²) in [6.07, 6.45) is -4.43. The molecule has 1 aromatic carbocycles. The van der Waals surface area contributed by atoms with Crippen LogP contribution in [0.4, 0.5) is 13.2 Å². The molecule has 21 heavy (non-hydrogen) atoms. The Morgan fingerprint density at radius 1 is 1.33 bits per heavy atom. The lowest BCUT2D eigenvalue weighted by Crippen LogP contribution is -2.08. The van der Waals surface area contributed by atoms with Crippen LogP contribution in [0.5, 0.6) is 0 Å². The van der Waals surface area contributed by atoms with Gasteiger partial charge in [0.25, 0.3) is 0 Å². The number of nitrogens with zero attached hydrogens (tertiary/aromatic N) is 2.